The first kappa shape index (κ1) is 18.8. The van der Waals surface area contributed by atoms with Gasteiger partial charge in [0.15, 0.2) is 0 Å². The third-order valence-corrected chi connectivity index (χ3v) is 4.54. The van der Waals surface area contributed by atoms with Crippen molar-refractivity contribution in [3.05, 3.63) is 0 Å². The molecule has 0 heterocycles. The van der Waals surface area contributed by atoms with Crippen molar-refractivity contribution in [3.63, 3.8) is 0 Å². The lowest BCUT2D eigenvalue weighted by Crippen LogP contribution is -2.62. The summed E-state index contributed by atoms with van der Waals surface area (Å²) in [6, 6.07) is 0.590. The van der Waals surface area contributed by atoms with Crippen molar-refractivity contribution in [1.29, 1.82) is 0 Å². The third kappa shape index (κ3) is 5.83. The van der Waals surface area contributed by atoms with Crippen molar-refractivity contribution >= 4 is 0 Å². The van der Waals surface area contributed by atoms with Gasteiger partial charge in [-0.25, -0.2) is 0 Å². The average Bonchev–Trinajstić information content (AvgIpc) is 2.50. The summed E-state index contributed by atoms with van der Waals surface area (Å²) < 4.78 is 21.7. The van der Waals surface area contributed by atoms with Gasteiger partial charge in [-0.2, -0.15) is 0 Å². The fourth-order valence-electron chi connectivity index (χ4n) is 2.83. The van der Waals surface area contributed by atoms with Crippen LogP contribution in [0.2, 0.25) is 0 Å². The molecule has 0 aromatic heterocycles. The van der Waals surface area contributed by atoms with Crippen molar-refractivity contribution in [2.45, 2.75) is 45.8 Å². The van der Waals surface area contributed by atoms with Crippen LogP contribution in [0.3, 0.4) is 0 Å². The van der Waals surface area contributed by atoms with E-state index in [2.05, 4.69) is 26.1 Å². The van der Waals surface area contributed by atoms with E-state index >= 15 is 0 Å². The molecule has 0 aromatic rings. The summed E-state index contributed by atoms with van der Waals surface area (Å²) in [5.41, 5.74) is 0.263. The molecule has 3 unspecified atom stereocenters. The Hall–Kier alpha value is -0.200. The largest absolute Gasteiger partial charge is 0.382 e. The molecule has 0 amide bonds. The summed E-state index contributed by atoms with van der Waals surface area (Å²) in [6.07, 6.45) is 2.61. The highest BCUT2D eigenvalue weighted by Crippen LogP contribution is 2.45. The van der Waals surface area contributed by atoms with Crippen LogP contribution in [-0.4, -0.2) is 65.4 Å². The molecule has 1 N–H and O–H groups in total. The molecular weight excluding hydrogens is 270 g/mol. The first-order valence-corrected chi connectivity index (χ1v) is 8.18. The molecule has 0 spiro atoms. The summed E-state index contributed by atoms with van der Waals surface area (Å²) in [7, 11) is 1.67. The molecule has 0 aromatic carbocycles. The Morgan fingerprint density at radius 3 is 2.19 bits per heavy atom. The van der Waals surface area contributed by atoms with Gasteiger partial charge in [-0.1, -0.05) is 20.8 Å². The van der Waals surface area contributed by atoms with Crippen LogP contribution < -0.4 is 5.32 Å². The van der Waals surface area contributed by atoms with Crippen molar-refractivity contribution in [2.75, 3.05) is 53.3 Å². The van der Waals surface area contributed by atoms with Gasteiger partial charge in [-0.15, -0.1) is 0 Å². The zero-order valence-electron chi connectivity index (χ0n) is 14.2. The topological polar surface area (TPSA) is 49.0 Å². The molecule has 1 aliphatic carbocycles. The molecule has 5 heteroatoms. The molecule has 0 radical (unpaired) electrons. The minimum atomic E-state index is 0.263. The number of ether oxygens (including phenoxy) is 4. The van der Waals surface area contributed by atoms with Crippen LogP contribution in [0.4, 0.5) is 0 Å². The summed E-state index contributed by atoms with van der Waals surface area (Å²) in [5.74, 6) is 0. The molecule has 0 bridgehead atoms. The Balaban J connectivity index is 2.01. The Morgan fingerprint density at radius 1 is 1.00 bits per heavy atom. The van der Waals surface area contributed by atoms with E-state index in [-0.39, 0.29) is 5.41 Å². The summed E-state index contributed by atoms with van der Waals surface area (Å²) in [5, 5.41) is 3.55. The quantitative estimate of drug-likeness (QED) is 0.526. The third-order valence-electron chi connectivity index (χ3n) is 4.54. The Bertz CT molecular complexity index is 265. The van der Waals surface area contributed by atoms with Gasteiger partial charge >= 0.3 is 0 Å². The maximum Gasteiger partial charge on any atom is 0.0704 e. The van der Waals surface area contributed by atoms with Gasteiger partial charge in [-0.05, 0) is 19.4 Å². The van der Waals surface area contributed by atoms with Gasteiger partial charge in [0.25, 0.3) is 0 Å². The van der Waals surface area contributed by atoms with Gasteiger partial charge in [0.2, 0.25) is 0 Å². The SMILES string of the molecule is CCNC1CC(OCCOCCOCCOC)C1(C)CC. The molecule has 126 valence electrons. The van der Waals surface area contributed by atoms with Gasteiger partial charge in [0.1, 0.15) is 0 Å². The Labute approximate surface area is 129 Å². The minimum Gasteiger partial charge on any atom is -0.382 e. The molecule has 0 aliphatic heterocycles. The van der Waals surface area contributed by atoms with E-state index < -0.39 is 0 Å². The van der Waals surface area contributed by atoms with Crippen LogP contribution in [0.1, 0.15) is 33.6 Å². The summed E-state index contributed by atoms with van der Waals surface area (Å²) in [6.45, 7) is 11.5. The lowest BCUT2D eigenvalue weighted by atomic mass is 9.61. The average molecular weight is 303 g/mol. The van der Waals surface area contributed by atoms with E-state index in [0.29, 0.717) is 51.8 Å². The van der Waals surface area contributed by atoms with Crippen LogP contribution in [0.5, 0.6) is 0 Å². The molecule has 1 aliphatic rings. The zero-order valence-corrected chi connectivity index (χ0v) is 14.2. The van der Waals surface area contributed by atoms with Crippen LogP contribution in [-0.2, 0) is 18.9 Å². The molecule has 1 saturated carbocycles. The van der Waals surface area contributed by atoms with Crippen molar-refractivity contribution in [1.82, 2.24) is 5.32 Å². The van der Waals surface area contributed by atoms with Crippen molar-refractivity contribution in [3.8, 4) is 0 Å². The lowest BCUT2D eigenvalue weighted by molar-refractivity contribution is -0.138. The highest BCUT2D eigenvalue weighted by Gasteiger charge is 2.50. The van der Waals surface area contributed by atoms with E-state index in [1.165, 1.54) is 0 Å². The van der Waals surface area contributed by atoms with Crippen LogP contribution >= 0.6 is 0 Å². The second-order valence-electron chi connectivity index (χ2n) is 5.78. The highest BCUT2D eigenvalue weighted by molar-refractivity contribution is 5.04. The van der Waals surface area contributed by atoms with Crippen LogP contribution in [0.25, 0.3) is 0 Å². The monoisotopic (exact) mass is 303 g/mol. The fourth-order valence-corrected chi connectivity index (χ4v) is 2.83. The molecule has 0 saturated heterocycles. The smallest absolute Gasteiger partial charge is 0.0704 e. The van der Waals surface area contributed by atoms with E-state index in [0.717, 1.165) is 19.4 Å². The van der Waals surface area contributed by atoms with Gasteiger partial charge in [0, 0.05) is 18.6 Å². The maximum atomic E-state index is 5.98. The molecular formula is C16H33NO4. The molecule has 5 nitrogen and oxygen atoms in total. The van der Waals surface area contributed by atoms with Crippen LogP contribution in [0.15, 0.2) is 0 Å². The van der Waals surface area contributed by atoms with Gasteiger partial charge < -0.3 is 24.3 Å². The normalized spacial score (nSPS) is 28.6. The number of rotatable bonds is 13. The predicted octanol–water partition coefficient (Wildman–Crippen LogP) is 1.85. The van der Waals surface area contributed by atoms with Gasteiger partial charge in [0.05, 0.1) is 45.7 Å². The number of hydrogen-bond donors (Lipinski definition) is 1. The van der Waals surface area contributed by atoms with Crippen molar-refractivity contribution in [2.24, 2.45) is 5.41 Å². The first-order chi connectivity index (χ1) is 10.2. The van der Waals surface area contributed by atoms with E-state index in [4.69, 9.17) is 18.9 Å². The Kier molecular flexibility index (Phi) is 9.44. The predicted molar refractivity (Wildman–Crippen MR) is 83.7 cm³/mol. The second-order valence-corrected chi connectivity index (χ2v) is 5.78. The highest BCUT2D eigenvalue weighted by atomic mass is 16.6. The number of hydrogen-bond acceptors (Lipinski definition) is 5. The van der Waals surface area contributed by atoms with Crippen LogP contribution in [0, 0.1) is 5.41 Å². The molecule has 3 atom stereocenters. The number of nitrogens with one attached hydrogen (secondary N) is 1. The van der Waals surface area contributed by atoms with E-state index in [1.54, 1.807) is 7.11 Å². The van der Waals surface area contributed by atoms with Gasteiger partial charge in [-0.3, -0.25) is 0 Å². The van der Waals surface area contributed by atoms with E-state index in [1.807, 2.05) is 0 Å². The van der Waals surface area contributed by atoms with E-state index in [9.17, 15) is 0 Å². The lowest BCUT2D eigenvalue weighted by Gasteiger charge is -2.53. The molecule has 1 rings (SSSR count). The molecule has 21 heavy (non-hydrogen) atoms. The number of methoxy groups -OCH3 is 1. The summed E-state index contributed by atoms with van der Waals surface area (Å²) in [4.78, 5) is 0. The minimum absolute atomic E-state index is 0.263. The zero-order chi connectivity index (χ0) is 15.6. The maximum absolute atomic E-state index is 5.98. The Morgan fingerprint density at radius 2 is 1.62 bits per heavy atom. The standard InChI is InChI=1S/C16H33NO4/c1-5-16(3)14(17-6-2)13-15(16)21-12-11-20-10-9-19-8-7-18-4/h14-15,17H,5-13H2,1-4H3. The summed E-state index contributed by atoms with van der Waals surface area (Å²) >= 11 is 0. The molecule has 1 fully saturated rings. The second kappa shape index (κ2) is 10.5. The van der Waals surface area contributed by atoms with Crippen molar-refractivity contribution < 1.29 is 18.9 Å². The first-order valence-electron chi connectivity index (χ1n) is 8.18. The fraction of sp³-hybridized carbons (Fsp3) is 1.00.